The first kappa shape index (κ1) is 14.7. The van der Waals surface area contributed by atoms with Crippen LogP contribution in [0.1, 0.15) is 43.1 Å². The highest BCUT2D eigenvalue weighted by atomic mass is 16.2. The van der Waals surface area contributed by atoms with Crippen molar-refractivity contribution in [3.05, 3.63) is 35.4 Å². The molecule has 1 rings (SSSR count). The highest BCUT2D eigenvalue weighted by Gasteiger charge is 2.14. The van der Waals surface area contributed by atoms with E-state index in [1.165, 1.54) is 0 Å². The first-order chi connectivity index (χ1) is 8.60. The summed E-state index contributed by atoms with van der Waals surface area (Å²) in [5.74, 6) is 4.98. The second-order valence-electron chi connectivity index (χ2n) is 4.69. The number of hydrazine groups is 1. The fourth-order valence-corrected chi connectivity index (χ4v) is 1.98. The lowest BCUT2D eigenvalue weighted by Crippen LogP contribution is -2.34. The van der Waals surface area contributed by atoms with E-state index in [0.717, 1.165) is 25.1 Å². The van der Waals surface area contributed by atoms with Crippen molar-refractivity contribution in [2.75, 3.05) is 6.54 Å². The van der Waals surface area contributed by atoms with Crippen LogP contribution in [0.3, 0.4) is 0 Å². The van der Waals surface area contributed by atoms with Gasteiger partial charge in [0.15, 0.2) is 0 Å². The Morgan fingerprint density at radius 3 is 2.61 bits per heavy atom. The monoisotopic (exact) mass is 249 g/mol. The number of hydrogen-bond donors (Lipinski definition) is 2. The van der Waals surface area contributed by atoms with E-state index in [9.17, 15) is 4.79 Å². The number of carbonyl (C=O) groups is 1. The van der Waals surface area contributed by atoms with Crippen molar-refractivity contribution in [2.45, 2.75) is 39.8 Å². The molecule has 0 saturated carbocycles. The van der Waals surface area contributed by atoms with Crippen molar-refractivity contribution in [1.29, 1.82) is 0 Å². The molecule has 0 aliphatic rings. The molecule has 0 aliphatic carbocycles. The van der Waals surface area contributed by atoms with Crippen LogP contribution in [-0.4, -0.2) is 23.4 Å². The third-order valence-corrected chi connectivity index (χ3v) is 3.01. The number of amides is 1. The van der Waals surface area contributed by atoms with Gasteiger partial charge in [-0.25, -0.2) is 5.84 Å². The topological polar surface area (TPSA) is 58.4 Å². The van der Waals surface area contributed by atoms with Gasteiger partial charge in [0, 0.05) is 18.2 Å². The molecule has 0 bridgehead atoms. The smallest absolute Gasteiger partial charge is 0.265 e. The molecule has 0 aromatic heterocycles. The molecule has 0 saturated heterocycles. The van der Waals surface area contributed by atoms with Crippen LogP contribution in [0.2, 0.25) is 0 Å². The van der Waals surface area contributed by atoms with Gasteiger partial charge in [-0.1, -0.05) is 25.1 Å². The molecule has 0 atom stereocenters. The second-order valence-corrected chi connectivity index (χ2v) is 4.69. The Kier molecular flexibility index (Phi) is 5.82. The summed E-state index contributed by atoms with van der Waals surface area (Å²) in [6, 6.07) is 8.05. The summed E-state index contributed by atoms with van der Waals surface area (Å²) in [6.07, 6.45) is 1.10. The average Bonchev–Trinajstić information content (AvgIpc) is 2.37. The summed E-state index contributed by atoms with van der Waals surface area (Å²) in [5.41, 5.74) is 3.87. The standard InChI is InChI=1S/C14H23N3O/c1-4-9-17(11(2)3)10-12-7-5-6-8-13(12)14(18)16-15/h5-8,11H,4,9-10,15H2,1-3H3,(H,16,18). The van der Waals surface area contributed by atoms with Crippen molar-refractivity contribution in [1.82, 2.24) is 10.3 Å². The summed E-state index contributed by atoms with van der Waals surface area (Å²) >= 11 is 0. The van der Waals surface area contributed by atoms with E-state index < -0.39 is 0 Å². The zero-order chi connectivity index (χ0) is 13.5. The fourth-order valence-electron chi connectivity index (χ4n) is 1.98. The van der Waals surface area contributed by atoms with Crippen LogP contribution in [-0.2, 0) is 6.54 Å². The normalized spacial score (nSPS) is 11.0. The Morgan fingerprint density at radius 2 is 2.06 bits per heavy atom. The minimum absolute atomic E-state index is 0.231. The maximum atomic E-state index is 11.7. The molecule has 0 heterocycles. The molecule has 0 aliphatic heterocycles. The lowest BCUT2D eigenvalue weighted by Gasteiger charge is -2.26. The Balaban J connectivity index is 2.91. The molecule has 0 radical (unpaired) electrons. The van der Waals surface area contributed by atoms with E-state index in [1.807, 2.05) is 24.3 Å². The van der Waals surface area contributed by atoms with Gasteiger partial charge in [-0.15, -0.1) is 0 Å². The molecule has 1 aromatic carbocycles. The number of nitrogens with one attached hydrogen (secondary N) is 1. The largest absolute Gasteiger partial charge is 0.297 e. The van der Waals surface area contributed by atoms with Crippen LogP contribution in [0.15, 0.2) is 24.3 Å². The molecule has 4 heteroatoms. The highest BCUT2D eigenvalue weighted by Crippen LogP contribution is 2.14. The lowest BCUT2D eigenvalue weighted by atomic mass is 10.1. The molecule has 100 valence electrons. The van der Waals surface area contributed by atoms with Crippen LogP contribution in [0, 0.1) is 0 Å². The number of benzene rings is 1. The SMILES string of the molecule is CCCN(Cc1ccccc1C(=O)NN)C(C)C. The number of rotatable bonds is 6. The van der Waals surface area contributed by atoms with Crippen LogP contribution in [0.5, 0.6) is 0 Å². The number of nitrogens with two attached hydrogens (primary N) is 1. The fraction of sp³-hybridized carbons (Fsp3) is 0.500. The van der Waals surface area contributed by atoms with Crippen LogP contribution in [0.4, 0.5) is 0 Å². The van der Waals surface area contributed by atoms with Gasteiger partial charge in [-0.2, -0.15) is 0 Å². The van der Waals surface area contributed by atoms with Crippen molar-refractivity contribution < 1.29 is 4.79 Å². The molecule has 4 nitrogen and oxygen atoms in total. The Hall–Kier alpha value is -1.39. The van der Waals surface area contributed by atoms with E-state index in [2.05, 4.69) is 31.1 Å². The molecule has 1 aromatic rings. The van der Waals surface area contributed by atoms with Crippen molar-refractivity contribution in [3.8, 4) is 0 Å². The van der Waals surface area contributed by atoms with E-state index in [1.54, 1.807) is 0 Å². The van der Waals surface area contributed by atoms with Crippen molar-refractivity contribution in [2.24, 2.45) is 5.84 Å². The second kappa shape index (κ2) is 7.13. The molecular weight excluding hydrogens is 226 g/mol. The van der Waals surface area contributed by atoms with Gasteiger partial charge in [-0.05, 0) is 38.4 Å². The van der Waals surface area contributed by atoms with Gasteiger partial charge >= 0.3 is 0 Å². The highest BCUT2D eigenvalue weighted by molar-refractivity contribution is 5.95. The van der Waals surface area contributed by atoms with E-state index in [0.29, 0.717) is 11.6 Å². The predicted octanol–water partition coefficient (Wildman–Crippen LogP) is 1.91. The van der Waals surface area contributed by atoms with Gasteiger partial charge < -0.3 is 0 Å². The summed E-state index contributed by atoms with van der Waals surface area (Å²) in [6.45, 7) is 8.29. The van der Waals surface area contributed by atoms with E-state index in [4.69, 9.17) is 5.84 Å². The van der Waals surface area contributed by atoms with Gasteiger partial charge in [0.05, 0.1) is 0 Å². The van der Waals surface area contributed by atoms with Crippen LogP contribution in [0.25, 0.3) is 0 Å². The van der Waals surface area contributed by atoms with Gasteiger partial charge in [0.1, 0.15) is 0 Å². The minimum atomic E-state index is -0.231. The van der Waals surface area contributed by atoms with Crippen molar-refractivity contribution >= 4 is 5.91 Å². The molecule has 1 amide bonds. The molecule has 18 heavy (non-hydrogen) atoms. The predicted molar refractivity (Wildman–Crippen MR) is 73.9 cm³/mol. The van der Waals surface area contributed by atoms with Gasteiger partial charge in [-0.3, -0.25) is 15.1 Å². The third-order valence-electron chi connectivity index (χ3n) is 3.01. The van der Waals surface area contributed by atoms with E-state index >= 15 is 0 Å². The number of nitrogen functional groups attached to an aromatic ring is 1. The Labute approximate surface area is 109 Å². The van der Waals surface area contributed by atoms with Crippen molar-refractivity contribution in [3.63, 3.8) is 0 Å². The quantitative estimate of drug-likeness (QED) is 0.460. The summed E-state index contributed by atoms with van der Waals surface area (Å²) in [4.78, 5) is 14.0. The summed E-state index contributed by atoms with van der Waals surface area (Å²) < 4.78 is 0. The number of nitrogens with zero attached hydrogens (tertiary/aromatic N) is 1. The lowest BCUT2D eigenvalue weighted by molar-refractivity contribution is 0.0951. The Morgan fingerprint density at radius 1 is 1.39 bits per heavy atom. The zero-order valence-corrected chi connectivity index (χ0v) is 11.4. The molecular formula is C14H23N3O. The maximum absolute atomic E-state index is 11.7. The van der Waals surface area contributed by atoms with Gasteiger partial charge in [0.2, 0.25) is 0 Å². The third kappa shape index (κ3) is 3.82. The summed E-state index contributed by atoms with van der Waals surface area (Å²) in [5, 5.41) is 0. The molecule has 3 N–H and O–H groups in total. The van der Waals surface area contributed by atoms with E-state index in [-0.39, 0.29) is 5.91 Å². The molecule has 0 fully saturated rings. The first-order valence-electron chi connectivity index (χ1n) is 6.43. The molecule has 0 unspecified atom stereocenters. The maximum Gasteiger partial charge on any atom is 0.265 e. The zero-order valence-electron chi connectivity index (χ0n) is 11.4. The molecule has 0 spiro atoms. The number of hydrogen-bond acceptors (Lipinski definition) is 3. The summed E-state index contributed by atoms with van der Waals surface area (Å²) in [7, 11) is 0. The van der Waals surface area contributed by atoms with Gasteiger partial charge in [0.25, 0.3) is 5.91 Å². The van der Waals surface area contributed by atoms with Crippen LogP contribution < -0.4 is 11.3 Å². The number of carbonyl (C=O) groups excluding carboxylic acids is 1. The van der Waals surface area contributed by atoms with Crippen LogP contribution >= 0.6 is 0 Å². The first-order valence-corrected chi connectivity index (χ1v) is 6.43. The minimum Gasteiger partial charge on any atom is -0.297 e. The average molecular weight is 249 g/mol. The Bertz CT molecular complexity index is 390.